The van der Waals surface area contributed by atoms with Gasteiger partial charge in [0.25, 0.3) is 0 Å². The fourth-order valence-electron chi connectivity index (χ4n) is 4.31. The second-order valence-electron chi connectivity index (χ2n) is 9.47. The molecular formula is C24H30BN3O3. The molecular weight excluding hydrogens is 389 g/mol. The molecule has 0 spiro atoms. The van der Waals surface area contributed by atoms with E-state index >= 15 is 0 Å². The minimum atomic E-state index is -0.454. The average Bonchev–Trinajstić information content (AvgIpc) is 3.50. The van der Waals surface area contributed by atoms with E-state index in [-0.39, 0.29) is 17.8 Å². The zero-order valence-electron chi connectivity index (χ0n) is 18.9. The summed E-state index contributed by atoms with van der Waals surface area (Å²) in [7, 11) is -0.454. The van der Waals surface area contributed by atoms with E-state index in [0.717, 1.165) is 27.9 Å². The Morgan fingerprint density at radius 3 is 2.68 bits per heavy atom. The van der Waals surface area contributed by atoms with Crippen LogP contribution in [-0.4, -0.2) is 33.4 Å². The van der Waals surface area contributed by atoms with Gasteiger partial charge in [-0.05, 0) is 70.3 Å². The molecule has 7 heteroatoms. The van der Waals surface area contributed by atoms with Gasteiger partial charge in [-0.2, -0.15) is 0 Å². The smallest absolute Gasteiger partial charge is 0.482 e. The van der Waals surface area contributed by atoms with E-state index < -0.39 is 7.12 Å². The van der Waals surface area contributed by atoms with Gasteiger partial charge < -0.3 is 18.6 Å². The van der Waals surface area contributed by atoms with Crippen LogP contribution in [0.2, 0.25) is 0 Å². The molecule has 31 heavy (non-hydrogen) atoms. The Kier molecular flexibility index (Phi) is 5.06. The van der Waals surface area contributed by atoms with Crippen molar-refractivity contribution in [1.29, 1.82) is 0 Å². The number of nitrogens with zero attached hydrogens (tertiary/aromatic N) is 3. The zero-order chi connectivity index (χ0) is 21.8. The number of imidazole rings is 1. The molecule has 6 nitrogen and oxygen atoms in total. The summed E-state index contributed by atoms with van der Waals surface area (Å²) in [6.07, 6.45) is 5.99. The van der Waals surface area contributed by atoms with Crippen LogP contribution in [0.4, 0.5) is 0 Å². The van der Waals surface area contributed by atoms with Crippen molar-refractivity contribution < 1.29 is 14.0 Å². The highest BCUT2D eigenvalue weighted by Gasteiger charge is 2.44. The molecule has 0 bridgehead atoms. The van der Waals surface area contributed by atoms with Crippen molar-refractivity contribution in [3.63, 3.8) is 0 Å². The molecule has 3 atom stereocenters. The highest BCUT2D eigenvalue weighted by atomic mass is 16.6. The van der Waals surface area contributed by atoms with Crippen LogP contribution < -0.4 is 10.2 Å². The lowest BCUT2D eigenvalue weighted by molar-refractivity contribution is -0.0724. The number of pyridine rings is 1. The molecule has 2 unspecified atom stereocenters. The van der Waals surface area contributed by atoms with E-state index in [1.54, 1.807) is 6.20 Å². The predicted molar refractivity (Wildman–Crippen MR) is 122 cm³/mol. The lowest BCUT2D eigenvalue weighted by Crippen LogP contribution is -2.56. The molecule has 0 N–H and O–H groups in total. The van der Waals surface area contributed by atoms with Gasteiger partial charge in [-0.15, -0.1) is 0 Å². The van der Waals surface area contributed by atoms with Crippen molar-refractivity contribution in [3.8, 4) is 5.75 Å². The first kappa shape index (κ1) is 20.5. The van der Waals surface area contributed by atoms with Gasteiger partial charge in [0.1, 0.15) is 17.4 Å². The number of rotatable bonds is 5. The highest BCUT2D eigenvalue weighted by molar-refractivity contribution is 6.62. The molecule has 0 amide bonds. The zero-order valence-corrected chi connectivity index (χ0v) is 18.9. The normalized spacial score (nSPS) is 24.4. The van der Waals surface area contributed by atoms with Crippen LogP contribution in [0.5, 0.6) is 5.75 Å². The third-order valence-electron chi connectivity index (χ3n) is 6.83. The maximum atomic E-state index is 6.49. The first-order valence-corrected chi connectivity index (χ1v) is 11.2. The van der Waals surface area contributed by atoms with E-state index in [4.69, 9.17) is 19.0 Å². The van der Waals surface area contributed by atoms with Gasteiger partial charge in [0.05, 0.1) is 23.1 Å². The maximum absolute atomic E-state index is 6.49. The van der Waals surface area contributed by atoms with Crippen molar-refractivity contribution in [2.24, 2.45) is 5.92 Å². The Labute approximate surface area is 184 Å². The largest absolute Gasteiger partial charge is 0.494 e. The molecule has 1 aromatic carbocycles. The Bertz CT molecular complexity index is 1080. The summed E-state index contributed by atoms with van der Waals surface area (Å²) < 4.78 is 21.4. The number of hydrogen-bond donors (Lipinski definition) is 0. The molecule has 2 aliphatic rings. The van der Waals surface area contributed by atoms with Gasteiger partial charge in [0, 0.05) is 24.3 Å². The van der Waals surface area contributed by atoms with E-state index in [0.29, 0.717) is 12.0 Å². The Balaban J connectivity index is 1.55. The van der Waals surface area contributed by atoms with E-state index in [9.17, 15) is 0 Å². The standard InChI is InChI=1S/C24H30BN3O3/c1-15-16(2)30-25(31-24(15,4)5)18-12-21-23(28(14-27-21)19-9-10-19)22(13-18)29-17(3)20-8-6-7-11-26-20/h6-8,11-17,19H,9-10H2,1-5H3/t15?,16?,17-/m1/s1. The second kappa shape index (κ2) is 7.64. The first-order chi connectivity index (χ1) is 14.8. The molecule has 0 radical (unpaired) electrons. The van der Waals surface area contributed by atoms with Crippen LogP contribution in [0, 0.1) is 5.92 Å². The molecule has 3 aromatic rings. The number of benzene rings is 1. The third kappa shape index (κ3) is 3.85. The summed E-state index contributed by atoms with van der Waals surface area (Å²) in [5.41, 5.74) is 3.48. The van der Waals surface area contributed by atoms with Crippen molar-refractivity contribution in [1.82, 2.24) is 14.5 Å². The van der Waals surface area contributed by atoms with E-state index in [1.807, 2.05) is 31.5 Å². The summed E-state index contributed by atoms with van der Waals surface area (Å²) in [5, 5.41) is 0. The molecule has 162 valence electrons. The highest BCUT2D eigenvalue weighted by Crippen LogP contribution is 2.40. The van der Waals surface area contributed by atoms with Gasteiger partial charge in [-0.3, -0.25) is 4.98 Å². The lowest BCUT2D eigenvalue weighted by atomic mass is 9.72. The summed E-state index contributed by atoms with van der Waals surface area (Å²) >= 11 is 0. The number of aromatic nitrogens is 3. The summed E-state index contributed by atoms with van der Waals surface area (Å²) in [4.78, 5) is 9.17. The van der Waals surface area contributed by atoms with E-state index in [2.05, 4.69) is 49.4 Å². The van der Waals surface area contributed by atoms with Crippen LogP contribution in [0.3, 0.4) is 0 Å². The molecule has 5 rings (SSSR count). The van der Waals surface area contributed by atoms with Crippen molar-refractivity contribution in [2.45, 2.75) is 71.3 Å². The molecule has 3 heterocycles. The molecule has 2 fully saturated rings. The fourth-order valence-corrected chi connectivity index (χ4v) is 4.31. The molecule has 2 aromatic heterocycles. The molecule has 1 aliphatic heterocycles. The number of hydrogen-bond acceptors (Lipinski definition) is 5. The van der Waals surface area contributed by atoms with Gasteiger partial charge in [-0.25, -0.2) is 4.98 Å². The van der Waals surface area contributed by atoms with Crippen molar-refractivity contribution >= 4 is 23.6 Å². The third-order valence-corrected chi connectivity index (χ3v) is 6.83. The van der Waals surface area contributed by atoms with E-state index in [1.165, 1.54) is 12.8 Å². The second-order valence-corrected chi connectivity index (χ2v) is 9.47. The van der Waals surface area contributed by atoms with Crippen molar-refractivity contribution in [3.05, 3.63) is 48.5 Å². The molecule has 1 aliphatic carbocycles. The van der Waals surface area contributed by atoms with Gasteiger partial charge in [0.15, 0.2) is 0 Å². The Morgan fingerprint density at radius 2 is 2.00 bits per heavy atom. The molecule has 1 saturated heterocycles. The summed E-state index contributed by atoms with van der Waals surface area (Å²) in [6, 6.07) is 10.5. The fraction of sp³-hybridized carbons (Fsp3) is 0.500. The minimum absolute atomic E-state index is 0.0882. The van der Waals surface area contributed by atoms with Gasteiger partial charge >= 0.3 is 7.12 Å². The SMILES string of the molecule is CC1OB(c2cc(O[C@H](C)c3ccccn3)c3c(c2)ncn3C2CC2)OC(C)(C)C1C. The minimum Gasteiger partial charge on any atom is -0.482 e. The van der Waals surface area contributed by atoms with Crippen LogP contribution in [-0.2, 0) is 9.31 Å². The first-order valence-electron chi connectivity index (χ1n) is 11.2. The number of fused-ring (bicyclic) bond motifs is 1. The van der Waals surface area contributed by atoms with Crippen LogP contribution >= 0.6 is 0 Å². The number of ether oxygens (including phenoxy) is 1. The lowest BCUT2D eigenvalue weighted by Gasteiger charge is -2.44. The monoisotopic (exact) mass is 419 g/mol. The van der Waals surface area contributed by atoms with Crippen LogP contribution in [0.15, 0.2) is 42.9 Å². The molecule has 1 saturated carbocycles. The average molecular weight is 419 g/mol. The quantitative estimate of drug-likeness (QED) is 0.572. The topological polar surface area (TPSA) is 58.4 Å². The summed E-state index contributed by atoms with van der Waals surface area (Å²) in [5.74, 6) is 1.09. The van der Waals surface area contributed by atoms with Gasteiger partial charge in [0.2, 0.25) is 0 Å². The maximum Gasteiger partial charge on any atom is 0.494 e. The summed E-state index contributed by atoms with van der Waals surface area (Å²) in [6.45, 7) is 10.6. The van der Waals surface area contributed by atoms with Crippen LogP contribution in [0.25, 0.3) is 11.0 Å². The van der Waals surface area contributed by atoms with Crippen LogP contribution in [0.1, 0.15) is 65.3 Å². The van der Waals surface area contributed by atoms with Crippen molar-refractivity contribution in [2.75, 3.05) is 0 Å². The van der Waals surface area contributed by atoms with Gasteiger partial charge in [-0.1, -0.05) is 13.0 Å². The predicted octanol–water partition coefficient (Wildman–Crippen LogP) is 4.45. The Hall–Kier alpha value is -2.38. The Morgan fingerprint density at radius 1 is 1.19 bits per heavy atom.